The number of benzene rings is 1. The van der Waals surface area contributed by atoms with E-state index in [1.807, 2.05) is 0 Å². The van der Waals surface area contributed by atoms with Crippen LogP contribution in [0.25, 0.3) is 0 Å². The van der Waals surface area contributed by atoms with Gasteiger partial charge in [0.05, 0.1) is 11.4 Å². The van der Waals surface area contributed by atoms with Crippen LogP contribution in [0.5, 0.6) is 0 Å². The van der Waals surface area contributed by atoms with Crippen molar-refractivity contribution in [3.05, 3.63) is 22.7 Å². The lowest BCUT2D eigenvalue weighted by atomic mass is 9.70. The highest BCUT2D eigenvalue weighted by Gasteiger charge is 2.32. The fourth-order valence-electron chi connectivity index (χ4n) is 3.37. The second-order valence-corrected chi connectivity index (χ2v) is 8.11. The normalized spacial score (nSPS) is 25.3. The first-order valence-electron chi connectivity index (χ1n) is 7.52. The fraction of sp³-hybridized carbons (Fsp3) is 0.647. The summed E-state index contributed by atoms with van der Waals surface area (Å²) in [5.41, 5.74) is 2.99. The van der Waals surface area contributed by atoms with Gasteiger partial charge < -0.3 is 10.2 Å². The van der Waals surface area contributed by atoms with E-state index in [1.54, 1.807) is 0 Å². The fourth-order valence-corrected chi connectivity index (χ4v) is 3.74. The molecule has 0 radical (unpaired) electrons. The number of rotatable bonds is 3. The summed E-state index contributed by atoms with van der Waals surface area (Å²) >= 11 is 3.58. The predicted molar refractivity (Wildman–Crippen MR) is 92.7 cm³/mol. The van der Waals surface area contributed by atoms with Crippen LogP contribution in [0.15, 0.2) is 22.7 Å². The third-order valence-electron chi connectivity index (χ3n) is 4.47. The minimum Gasteiger partial charge on any atom is -0.380 e. The molecule has 1 aromatic rings. The topological polar surface area (TPSA) is 15.3 Å². The molecule has 1 saturated carbocycles. The summed E-state index contributed by atoms with van der Waals surface area (Å²) in [6.07, 6.45) is 3.86. The van der Waals surface area contributed by atoms with E-state index in [0.717, 1.165) is 4.47 Å². The zero-order valence-electron chi connectivity index (χ0n) is 13.3. The highest BCUT2D eigenvalue weighted by molar-refractivity contribution is 9.10. The van der Waals surface area contributed by atoms with Gasteiger partial charge in [0, 0.05) is 24.6 Å². The quantitative estimate of drug-likeness (QED) is 0.820. The van der Waals surface area contributed by atoms with Crippen LogP contribution in [-0.4, -0.2) is 20.1 Å². The Balaban J connectivity index is 2.16. The second-order valence-electron chi connectivity index (χ2n) is 7.19. The third kappa shape index (κ3) is 3.69. The largest absolute Gasteiger partial charge is 0.380 e. The Hall–Kier alpha value is -0.700. The number of hydrogen-bond acceptors (Lipinski definition) is 2. The van der Waals surface area contributed by atoms with Crippen molar-refractivity contribution in [2.45, 2.75) is 46.1 Å². The van der Waals surface area contributed by atoms with Crippen molar-refractivity contribution in [2.24, 2.45) is 11.3 Å². The predicted octanol–water partition coefficient (Wildman–Crippen LogP) is 5.14. The molecule has 0 aliphatic heterocycles. The average Bonchev–Trinajstić information content (AvgIpc) is 2.32. The minimum absolute atomic E-state index is 0.499. The van der Waals surface area contributed by atoms with E-state index in [-0.39, 0.29) is 0 Å². The zero-order valence-corrected chi connectivity index (χ0v) is 14.9. The van der Waals surface area contributed by atoms with Gasteiger partial charge >= 0.3 is 0 Å². The van der Waals surface area contributed by atoms with E-state index in [0.29, 0.717) is 17.4 Å². The van der Waals surface area contributed by atoms with Crippen LogP contribution >= 0.6 is 15.9 Å². The van der Waals surface area contributed by atoms with Crippen molar-refractivity contribution >= 4 is 27.3 Å². The standard InChI is InChI=1S/C17H27BrN2/c1-12-11-17(2,3)9-8-14(12)19-15-10-13(18)6-7-16(15)20(4)5/h6-7,10,12,14,19H,8-9,11H2,1-5H3. The molecule has 0 spiro atoms. The molecule has 0 aromatic heterocycles. The first-order chi connectivity index (χ1) is 9.28. The van der Waals surface area contributed by atoms with Crippen LogP contribution in [0.3, 0.4) is 0 Å². The van der Waals surface area contributed by atoms with Gasteiger partial charge in [-0.1, -0.05) is 36.7 Å². The molecular weight excluding hydrogens is 312 g/mol. The molecule has 112 valence electrons. The van der Waals surface area contributed by atoms with Crippen molar-refractivity contribution in [2.75, 3.05) is 24.3 Å². The smallest absolute Gasteiger partial charge is 0.0597 e. The Labute approximate surface area is 132 Å². The van der Waals surface area contributed by atoms with Gasteiger partial charge in [0.15, 0.2) is 0 Å². The second kappa shape index (κ2) is 5.97. The Morgan fingerprint density at radius 2 is 2.00 bits per heavy atom. The molecule has 0 bridgehead atoms. The molecule has 1 aliphatic carbocycles. The molecule has 1 aromatic carbocycles. The van der Waals surface area contributed by atoms with Crippen LogP contribution in [0, 0.1) is 11.3 Å². The molecule has 3 heteroatoms. The summed E-state index contributed by atoms with van der Waals surface area (Å²) in [6, 6.07) is 7.05. The van der Waals surface area contributed by atoms with Crippen molar-refractivity contribution in [3.63, 3.8) is 0 Å². The molecule has 1 fully saturated rings. The van der Waals surface area contributed by atoms with Gasteiger partial charge in [0.1, 0.15) is 0 Å². The maximum atomic E-state index is 3.79. The lowest BCUT2D eigenvalue weighted by Crippen LogP contribution is -2.37. The van der Waals surface area contributed by atoms with Crippen molar-refractivity contribution < 1.29 is 0 Å². The molecule has 20 heavy (non-hydrogen) atoms. The molecule has 0 heterocycles. The van der Waals surface area contributed by atoms with Crippen LogP contribution in [0.1, 0.15) is 40.0 Å². The number of nitrogens with one attached hydrogen (secondary N) is 1. The van der Waals surface area contributed by atoms with E-state index in [4.69, 9.17) is 0 Å². The molecule has 2 rings (SSSR count). The molecule has 2 atom stereocenters. The maximum Gasteiger partial charge on any atom is 0.0597 e. The summed E-state index contributed by atoms with van der Waals surface area (Å²) in [5.74, 6) is 0.716. The zero-order chi connectivity index (χ0) is 14.9. The van der Waals surface area contributed by atoms with Gasteiger partial charge in [-0.25, -0.2) is 0 Å². The highest BCUT2D eigenvalue weighted by atomic mass is 79.9. The van der Waals surface area contributed by atoms with Gasteiger partial charge in [0.2, 0.25) is 0 Å². The summed E-state index contributed by atoms with van der Waals surface area (Å²) in [6.45, 7) is 7.17. The Kier molecular flexibility index (Phi) is 4.68. The highest BCUT2D eigenvalue weighted by Crippen LogP contribution is 2.40. The first-order valence-corrected chi connectivity index (χ1v) is 8.31. The van der Waals surface area contributed by atoms with Crippen molar-refractivity contribution in [1.82, 2.24) is 0 Å². The van der Waals surface area contributed by atoms with Crippen LogP contribution in [0.2, 0.25) is 0 Å². The number of hydrogen-bond donors (Lipinski definition) is 1. The monoisotopic (exact) mass is 338 g/mol. The van der Waals surface area contributed by atoms with Gasteiger partial charge in [0.25, 0.3) is 0 Å². The van der Waals surface area contributed by atoms with E-state index in [2.05, 4.69) is 79.2 Å². The van der Waals surface area contributed by atoms with E-state index in [1.165, 1.54) is 30.6 Å². The van der Waals surface area contributed by atoms with Gasteiger partial charge in [-0.2, -0.15) is 0 Å². The van der Waals surface area contributed by atoms with Gasteiger partial charge in [-0.05, 0) is 48.8 Å². The molecule has 1 aliphatic rings. The molecule has 0 saturated heterocycles. The minimum atomic E-state index is 0.499. The summed E-state index contributed by atoms with van der Waals surface area (Å²) < 4.78 is 1.13. The maximum absolute atomic E-state index is 3.79. The van der Waals surface area contributed by atoms with Crippen molar-refractivity contribution in [3.8, 4) is 0 Å². The summed E-state index contributed by atoms with van der Waals surface area (Å²) in [4.78, 5) is 2.17. The van der Waals surface area contributed by atoms with Crippen LogP contribution in [0.4, 0.5) is 11.4 Å². The van der Waals surface area contributed by atoms with Crippen LogP contribution in [-0.2, 0) is 0 Å². The van der Waals surface area contributed by atoms with E-state index in [9.17, 15) is 0 Å². The Bertz CT molecular complexity index is 468. The summed E-state index contributed by atoms with van der Waals surface area (Å²) in [5, 5.41) is 3.79. The van der Waals surface area contributed by atoms with Gasteiger partial charge in [-0.3, -0.25) is 0 Å². The Morgan fingerprint density at radius 3 is 2.60 bits per heavy atom. The Morgan fingerprint density at radius 1 is 1.30 bits per heavy atom. The van der Waals surface area contributed by atoms with Crippen LogP contribution < -0.4 is 10.2 Å². The van der Waals surface area contributed by atoms with Crippen molar-refractivity contribution in [1.29, 1.82) is 0 Å². The van der Waals surface area contributed by atoms with E-state index >= 15 is 0 Å². The number of anilines is 2. The first kappa shape index (κ1) is 15.7. The number of nitrogens with zero attached hydrogens (tertiary/aromatic N) is 1. The lowest BCUT2D eigenvalue weighted by molar-refractivity contribution is 0.177. The lowest BCUT2D eigenvalue weighted by Gasteiger charge is -2.40. The SMILES string of the molecule is CC1CC(C)(C)CCC1Nc1cc(Br)ccc1N(C)C. The number of halogens is 1. The molecule has 0 amide bonds. The molecule has 1 N–H and O–H groups in total. The van der Waals surface area contributed by atoms with E-state index < -0.39 is 0 Å². The summed E-state index contributed by atoms with van der Waals surface area (Å²) in [7, 11) is 4.20. The molecular formula is C17H27BrN2. The average molecular weight is 339 g/mol. The van der Waals surface area contributed by atoms with Gasteiger partial charge in [-0.15, -0.1) is 0 Å². The molecule has 2 nitrogen and oxygen atoms in total. The third-order valence-corrected chi connectivity index (χ3v) is 4.97. The molecule has 2 unspecified atom stereocenters.